The summed E-state index contributed by atoms with van der Waals surface area (Å²) < 4.78 is 0. The van der Waals surface area contributed by atoms with Gasteiger partial charge in [0, 0.05) is 0 Å². The maximum Gasteiger partial charge on any atom is 0.152 e. The van der Waals surface area contributed by atoms with Gasteiger partial charge in [-0.3, -0.25) is 4.99 Å². The molecule has 3 nitrogen and oxygen atoms in total. The lowest BCUT2D eigenvalue weighted by atomic mass is 10.4. The lowest BCUT2D eigenvalue weighted by molar-refractivity contribution is 0.429. The van der Waals surface area contributed by atoms with Gasteiger partial charge in [0.15, 0.2) is 5.76 Å². The number of aliphatic imine (C=N–C) groups is 1. The first-order valence-corrected chi connectivity index (χ1v) is 2.44. The number of nitrogens with one attached hydrogen (secondary N) is 1. The zero-order chi connectivity index (χ0) is 5.98. The Kier molecular flexibility index (Phi) is 1.20. The predicted molar refractivity (Wildman–Crippen MR) is 31.8 cm³/mol. The van der Waals surface area contributed by atoms with Crippen LogP contribution in [0.5, 0.6) is 0 Å². The van der Waals surface area contributed by atoms with Gasteiger partial charge >= 0.3 is 0 Å². The van der Waals surface area contributed by atoms with Crippen molar-refractivity contribution in [3.8, 4) is 0 Å². The average molecular weight is 112 g/mol. The molecule has 0 aromatic rings. The van der Waals surface area contributed by atoms with Gasteiger partial charge in [0.05, 0.1) is 11.9 Å². The lowest BCUT2D eigenvalue weighted by Crippen LogP contribution is -2.17. The molecule has 0 radical (unpaired) electrons. The summed E-state index contributed by atoms with van der Waals surface area (Å²) in [6.45, 7) is 2.39. The molecule has 2 N–H and O–H groups in total. The Bertz CT molecular complexity index is 149. The third-order valence-corrected chi connectivity index (χ3v) is 1.03. The smallest absolute Gasteiger partial charge is 0.152 e. The molecule has 1 rings (SSSR count). The maximum atomic E-state index is 8.85. The van der Waals surface area contributed by atoms with Crippen molar-refractivity contribution in [1.82, 2.24) is 5.32 Å². The van der Waals surface area contributed by atoms with Gasteiger partial charge in [-0.1, -0.05) is 0 Å². The minimum absolute atomic E-state index is 0.233. The normalized spacial score (nSPS) is 18.6. The summed E-state index contributed by atoms with van der Waals surface area (Å²) in [5, 5.41) is 11.7. The van der Waals surface area contributed by atoms with Crippen LogP contribution in [0.15, 0.2) is 16.4 Å². The third-order valence-electron chi connectivity index (χ3n) is 1.03. The van der Waals surface area contributed by atoms with Crippen LogP contribution < -0.4 is 5.32 Å². The Hall–Kier alpha value is -0.990. The van der Waals surface area contributed by atoms with E-state index in [4.69, 9.17) is 5.11 Å². The van der Waals surface area contributed by atoms with Crippen LogP contribution in [0.1, 0.15) is 6.92 Å². The van der Waals surface area contributed by atoms with Crippen molar-refractivity contribution in [1.29, 1.82) is 0 Å². The molecule has 1 heterocycles. The van der Waals surface area contributed by atoms with Crippen LogP contribution in [0.2, 0.25) is 0 Å². The van der Waals surface area contributed by atoms with E-state index in [1.54, 1.807) is 6.92 Å². The molecule has 0 amide bonds. The van der Waals surface area contributed by atoms with E-state index >= 15 is 0 Å². The zero-order valence-electron chi connectivity index (χ0n) is 4.68. The number of hydrogen-bond acceptors (Lipinski definition) is 3. The van der Waals surface area contributed by atoms with Gasteiger partial charge in [-0.2, -0.15) is 0 Å². The van der Waals surface area contributed by atoms with Crippen molar-refractivity contribution in [2.45, 2.75) is 6.92 Å². The second-order valence-electron chi connectivity index (χ2n) is 1.66. The molecular formula is C5H8N2O. The monoisotopic (exact) mass is 112 g/mol. The summed E-state index contributed by atoms with van der Waals surface area (Å²) in [7, 11) is 0. The number of rotatable bonds is 0. The summed E-state index contributed by atoms with van der Waals surface area (Å²) in [5.74, 6) is 0.233. The number of aliphatic hydroxyl groups excluding tert-OH is 1. The number of aliphatic hydroxyl groups is 1. The van der Waals surface area contributed by atoms with E-state index < -0.39 is 0 Å². The summed E-state index contributed by atoms with van der Waals surface area (Å²) >= 11 is 0. The molecule has 0 bridgehead atoms. The van der Waals surface area contributed by atoms with Gasteiger partial charge in [-0.05, 0) is 6.92 Å². The summed E-state index contributed by atoms with van der Waals surface area (Å²) in [5.41, 5.74) is 0.792. The molecule has 1 aliphatic heterocycles. The molecule has 0 aromatic carbocycles. The second kappa shape index (κ2) is 1.86. The fourth-order valence-electron chi connectivity index (χ4n) is 0.484. The number of allylic oxidation sites excluding steroid dienone is 2. The van der Waals surface area contributed by atoms with Crippen molar-refractivity contribution in [2.75, 3.05) is 6.67 Å². The van der Waals surface area contributed by atoms with E-state index in [0.29, 0.717) is 6.67 Å². The first kappa shape index (κ1) is 5.15. The highest BCUT2D eigenvalue weighted by Crippen LogP contribution is 1.96. The minimum Gasteiger partial charge on any atom is -0.505 e. The number of hydrogen-bond donors (Lipinski definition) is 2. The second-order valence-corrected chi connectivity index (χ2v) is 1.66. The van der Waals surface area contributed by atoms with E-state index in [-0.39, 0.29) is 5.76 Å². The van der Waals surface area contributed by atoms with E-state index in [1.165, 1.54) is 6.21 Å². The zero-order valence-corrected chi connectivity index (χ0v) is 4.68. The van der Waals surface area contributed by atoms with E-state index in [1.807, 2.05) is 0 Å². The molecule has 0 aromatic heterocycles. The van der Waals surface area contributed by atoms with Crippen LogP contribution in [0.25, 0.3) is 0 Å². The van der Waals surface area contributed by atoms with Gasteiger partial charge < -0.3 is 10.4 Å². The minimum atomic E-state index is 0.233. The third kappa shape index (κ3) is 0.804. The maximum absolute atomic E-state index is 8.85. The summed E-state index contributed by atoms with van der Waals surface area (Å²) in [6.07, 6.45) is 1.45. The predicted octanol–water partition coefficient (Wildman–Crippen LogP) is 0.407. The van der Waals surface area contributed by atoms with Crippen LogP contribution in [0.3, 0.4) is 0 Å². The molecule has 0 unspecified atom stereocenters. The Labute approximate surface area is 47.7 Å². The lowest BCUT2D eigenvalue weighted by Gasteiger charge is -2.07. The molecule has 0 fully saturated rings. The Morgan fingerprint density at radius 1 is 1.88 bits per heavy atom. The van der Waals surface area contributed by atoms with E-state index in [9.17, 15) is 0 Å². The van der Waals surface area contributed by atoms with Gasteiger partial charge in [-0.25, -0.2) is 0 Å². The Morgan fingerprint density at radius 3 is 3.00 bits per heavy atom. The van der Waals surface area contributed by atoms with Crippen LogP contribution in [-0.4, -0.2) is 18.0 Å². The molecule has 0 aliphatic carbocycles. The van der Waals surface area contributed by atoms with Gasteiger partial charge in [0.1, 0.15) is 6.67 Å². The molecule has 0 saturated carbocycles. The molecule has 0 saturated heterocycles. The fraction of sp³-hybridized carbons (Fsp3) is 0.400. The highest BCUT2D eigenvalue weighted by atomic mass is 16.3. The molecule has 0 atom stereocenters. The van der Waals surface area contributed by atoms with Gasteiger partial charge in [-0.15, -0.1) is 0 Å². The van der Waals surface area contributed by atoms with E-state index in [0.717, 1.165) is 5.70 Å². The van der Waals surface area contributed by atoms with Crippen LogP contribution in [0.4, 0.5) is 0 Å². The highest BCUT2D eigenvalue weighted by Gasteiger charge is 1.98. The quantitative estimate of drug-likeness (QED) is 0.476. The number of nitrogens with zero attached hydrogens (tertiary/aromatic N) is 1. The Balaban J connectivity index is 2.76. The standard InChI is InChI=1S/C5H8N2O/c1-4-5(8)2-6-3-7-4/h2,7-8H,3H2,1H3. The molecule has 1 aliphatic rings. The molecule has 0 spiro atoms. The average Bonchev–Trinajstić information content (AvgIpc) is 1.77. The first-order valence-electron chi connectivity index (χ1n) is 2.44. The molecule has 8 heavy (non-hydrogen) atoms. The van der Waals surface area contributed by atoms with Crippen LogP contribution in [0, 0.1) is 0 Å². The summed E-state index contributed by atoms with van der Waals surface area (Å²) in [6, 6.07) is 0. The molecule has 44 valence electrons. The first-order chi connectivity index (χ1) is 3.80. The van der Waals surface area contributed by atoms with Crippen molar-refractivity contribution >= 4 is 6.21 Å². The van der Waals surface area contributed by atoms with Gasteiger partial charge in [0.25, 0.3) is 0 Å². The van der Waals surface area contributed by atoms with Gasteiger partial charge in [0.2, 0.25) is 0 Å². The largest absolute Gasteiger partial charge is 0.505 e. The fourth-order valence-corrected chi connectivity index (χ4v) is 0.484. The highest BCUT2D eigenvalue weighted by molar-refractivity contribution is 5.76. The van der Waals surface area contributed by atoms with Crippen molar-refractivity contribution in [3.63, 3.8) is 0 Å². The van der Waals surface area contributed by atoms with Crippen molar-refractivity contribution in [2.24, 2.45) is 4.99 Å². The van der Waals surface area contributed by atoms with E-state index in [2.05, 4.69) is 10.3 Å². The van der Waals surface area contributed by atoms with Crippen molar-refractivity contribution < 1.29 is 5.11 Å². The van der Waals surface area contributed by atoms with Crippen LogP contribution >= 0.6 is 0 Å². The molecule has 3 heteroatoms. The summed E-state index contributed by atoms with van der Waals surface area (Å²) in [4.78, 5) is 3.76. The topological polar surface area (TPSA) is 44.6 Å². The SMILES string of the molecule is CC1=C(O)C=NCN1. The van der Waals surface area contributed by atoms with Crippen molar-refractivity contribution in [3.05, 3.63) is 11.5 Å². The molecular weight excluding hydrogens is 104 g/mol. The van der Waals surface area contributed by atoms with Crippen LogP contribution in [-0.2, 0) is 0 Å². The Morgan fingerprint density at radius 2 is 2.62 bits per heavy atom.